The Morgan fingerprint density at radius 2 is 1.65 bits per heavy atom. The molecule has 0 aliphatic heterocycles. The van der Waals surface area contributed by atoms with E-state index >= 15 is 0 Å². The van der Waals surface area contributed by atoms with Crippen LogP contribution in [0.3, 0.4) is 0 Å². The fourth-order valence-corrected chi connectivity index (χ4v) is 2.50. The van der Waals surface area contributed by atoms with E-state index in [1.807, 2.05) is 42.5 Å². The number of benzene rings is 2. The first-order chi connectivity index (χ1) is 9.60. The minimum absolute atomic E-state index is 0.250. The molecule has 2 aromatic carbocycles. The lowest BCUT2D eigenvalue weighted by atomic mass is 10.0. The van der Waals surface area contributed by atoms with Crippen molar-refractivity contribution in [3.05, 3.63) is 68.7 Å². The Morgan fingerprint density at radius 1 is 0.950 bits per heavy atom. The summed E-state index contributed by atoms with van der Waals surface area (Å²) in [5.41, 5.74) is 2.35. The molecule has 0 aliphatic carbocycles. The summed E-state index contributed by atoms with van der Waals surface area (Å²) < 4.78 is 0. The molecular formula is C16H16Cl3N. The van der Waals surface area contributed by atoms with Crippen LogP contribution in [-0.4, -0.2) is 0 Å². The number of rotatable bonds is 5. The van der Waals surface area contributed by atoms with E-state index in [2.05, 4.69) is 12.2 Å². The minimum atomic E-state index is 0.250. The van der Waals surface area contributed by atoms with Crippen LogP contribution in [0.4, 0.5) is 0 Å². The van der Waals surface area contributed by atoms with Gasteiger partial charge in [-0.1, -0.05) is 59.9 Å². The Labute approximate surface area is 134 Å². The van der Waals surface area contributed by atoms with E-state index in [1.165, 1.54) is 5.56 Å². The summed E-state index contributed by atoms with van der Waals surface area (Å²) in [4.78, 5) is 0. The van der Waals surface area contributed by atoms with Gasteiger partial charge in [-0.2, -0.15) is 0 Å². The highest BCUT2D eigenvalue weighted by molar-refractivity contribution is 6.42. The van der Waals surface area contributed by atoms with Crippen molar-refractivity contribution in [3.8, 4) is 0 Å². The zero-order valence-electron chi connectivity index (χ0n) is 11.2. The number of halogens is 3. The van der Waals surface area contributed by atoms with Gasteiger partial charge in [-0.15, -0.1) is 0 Å². The summed E-state index contributed by atoms with van der Waals surface area (Å²) in [6, 6.07) is 13.9. The monoisotopic (exact) mass is 327 g/mol. The second-order valence-corrected chi connectivity index (χ2v) is 5.89. The van der Waals surface area contributed by atoms with Crippen molar-refractivity contribution in [2.45, 2.75) is 25.9 Å². The van der Waals surface area contributed by atoms with Crippen molar-refractivity contribution < 1.29 is 0 Å². The molecule has 0 fully saturated rings. The maximum atomic E-state index is 6.08. The third-order valence-corrected chi connectivity index (χ3v) is 4.21. The summed E-state index contributed by atoms with van der Waals surface area (Å²) in [7, 11) is 0. The van der Waals surface area contributed by atoms with E-state index in [0.717, 1.165) is 23.6 Å². The molecule has 0 radical (unpaired) electrons. The lowest BCUT2D eigenvalue weighted by molar-refractivity contribution is 0.519. The van der Waals surface area contributed by atoms with Crippen LogP contribution in [0, 0.1) is 0 Å². The minimum Gasteiger partial charge on any atom is -0.306 e. The molecule has 0 spiro atoms. The van der Waals surface area contributed by atoms with Crippen LogP contribution in [0.2, 0.25) is 15.1 Å². The van der Waals surface area contributed by atoms with Gasteiger partial charge in [0.05, 0.1) is 10.0 Å². The van der Waals surface area contributed by atoms with Crippen molar-refractivity contribution in [1.82, 2.24) is 5.32 Å². The van der Waals surface area contributed by atoms with Crippen LogP contribution in [0.1, 0.15) is 30.5 Å². The molecule has 106 valence electrons. The predicted octanol–water partition coefficient (Wildman–Crippen LogP) is 5.89. The van der Waals surface area contributed by atoms with Crippen LogP contribution in [0.5, 0.6) is 0 Å². The lowest BCUT2D eigenvalue weighted by Crippen LogP contribution is -2.20. The fourth-order valence-electron chi connectivity index (χ4n) is 2.07. The molecule has 1 N–H and O–H groups in total. The molecular weight excluding hydrogens is 313 g/mol. The molecule has 1 unspecified atom stereocenters. The van der Waals surface area contributed by atoms with Gasteiger partial charge < -0.3 is 5.32 Å². The molecule has 0 aromatic heterocycles. The van der Waals surface area contributed by atoms with Gasteiger partial charge in [0.15, 0.2) is 0 Å². The van der Waals surface area contributed by atoms with Crippen molar-refractivity contribution in [1.29, 1.82) is 0 Å². The number of nitrogens with one attached hydrogen (secondary N) is 1. The topological polar surface area (TPSA) is 12.0 Å². The van der Waals surface area contributed by atoms with E-state index in [4.69, 9.17) is 34.8 Å². The van der Waals surface area contributed by atoms with Crippen molar-refractivity contribution in [2.24, 2.45) is 0 Å². The molecule has 1 nitrogen and oxygen atoms in total. The second-order valence-electron chi connectivity index (χ2n) is 4.64. The molecule has 0 amide bonds. The molecule has 0 aliphatic rings. The van der Waals surface area contributed by atoms with Gasteiger partial charge >= 0.3 is 0 Å². The molecule has 0 saturated heterocycles. The Balaban J connectivity index is 2.05. The predicted molar refractivity (Wildman–Crippen MR) is 87.8 cm³/mol. The summed E-state index contributed by atoms with van der Waals surface area (Å²) in [6.45, 7) is 2.93. The Morgan fingerprint density at radius 3 is 2.25 bits per heavy atom. The van der Waals surface area contributed by atoms with Gasteiger partial charge in [-0.25, -0.2) is 0 Å². The quantitative estimate of drug-likeness (QED) is 0.722. The van der Waals surface area contributed by atoms with E-state index in [1.54, 1.807) is 0 Å². The molecule has 20 heavy (non-hydrogen) atoms. The van der Waals surface area contributed by atoms with Gasteiger partial charge in [0.25, 0.3) is 0 Å². The Hall–Kier alpha value is -0.730. The highest BCUT2D eigenvalue weighted by Gasteiger charge is 2.10. The first-order valence-corrected chi connectivity index (χ1v) is 7.66. The van der Waals surface area contributed by atoms with E-state index in [9.17, 15) is 0 Å². The highest BCUT2D eigenvalue weighted by Crippen LogP contribution is 2.27. The zero-order chi connectivity index (χ0) is 14.5. The number of hydrogen-bond acceptors (Lipinski definition) is 1. The molecule has 2 aromatic rings. The third kappa shape index (κ3) is 4.13. The van der Waals surface area contributed by atoms with E-state index < -0.39 is 0 Å². The smallest absolute Gasteiger partial charge is 0.0595 e. The van der Waals surface area contributed by atoms with Crippen LogP contribution in [0.15, 0.2) is 42.5 Å². The van der Waals surface area contributed by atoms with Crippen molar-refractivity contribution >= 4 is 34.8 Å². The van der Waals surface area contributed by atoms with Gasteiger partial charge in [-0.05, 0) is 41.8 Å². The maximum Gasteiger partial charge on any atom is 0.0595 e. The van der Waals surface area contributed by atoms with Gasteiger partial charge in [0.2, 0.25) is 0 Å². The standard InChI is InChI=1S/C16H16Cl3N/c1-2-16(12-5-8-14(18)15(19)9-12)20-10-11-3-6-13(17)7-4-11/h3-9,16,20H,2,10H2,1H3. The first-order valence-electron chi connectivity index (χ1n) is 6.53. The average molecular weight is 329 g/mol. The van der Waals surface area contributed by atoms with Crippen LogP contribution < -0.4 is 5.32 Å². The maximum absolute atomic E-state index is 6.08. The van der Waals surface area contributed by atoms with Gasteiger partial charge in [0, 0.05) is 17.6 Å². The molecule has 2 rings (SSSR count). The fraction of sp³-hybridized carbons (Fsp3) is 0.250. The Bertz CT molecular complexity index is 566. The molecule has 0 saturated carbocycles. The summed E-state index contributed by atoms with van der Waals surface area (Å²) in [5, 5.41) is 5.46. The van der Waals surface area contributed by atoms with E-state index in [0.29, 0.717) is 10.0 Å². The average Bonchev–Trinajstić information content (AvgIpc) is 2.45. The second kappa shape index (κ2) is 7.33. The largest absolute Gasteiger partial charge is 0.306 e. The normalized spacial score (nSPS) is 12.4. The first kappa shape index (κ1) is 15.7. The molecule has 0 heterocycles. The molecule has 0 bridgehead atoms. The summed E-state index contributed by atoms with van der Waals surface area (Å²) in [5.74, 6) is 0. The third-order valence-electron chi connectivity index (χ3n) is 3.22. The highest BCUT2D eigenvalue weighted by atomic mass is 35.5. The zero-order valence-corrected chi connectivity index (χ0v) is 13.4. The van der Waals surface area contributed by atoms with Crippen LogP contribution >= 0.6 is 34.8 Å². The lowest BCUT2D eigenvalue weighted by Gasteiger charge is -2.18. The number of hydrogen-bond donors (Lipinski definition) is 1. The summed E-state index contributed by atoms with van der Waals surface area (Å²) in [6.07, 6.45) is 0.978. The summed E-state index contributed by atoms with van der Waals surface area (Å²) >= 11 is 17.9. The molecule has 4 heteroatoms. The van der Waals surface area contributed by atoms with Gasteiger partial charge in [0.1, 0.15) is 0 Å². The van der Waals surface area contributed by atoms with Crippen molar-refractivity contribution in [3.63, 3.8) is 0 Å². The van der Waals surface area contributed by atoms with Crippen LogP contribution in [-0.2, 0) is 6.54 Å². The van der Waals surface area contributed by atoms with Gasteiger partial charge in [-0.3, -0.25) is 0 Å². The van der Waals surface area contributed by atoms with Crippen LogP contribution in [0.25, 0.3) is 0 Å². The van der Waals surface area contributed by atoms with E-state index in [-0.39, 0.29) is 6.04 Å². The Kier molecular flexibility index (Phi) is 5.74. The molecule has 1 atom stereocenters. The van der Waals surface area contributed by atoms with Crippen molar-refractivity contribution in [2.75, 3.05) is 0 Å². The SMILES string of the molecule is CCC(NCc1ccc(Cl)cc1)c1ccc(Cl)c(Cl)c1.